The maximum absolute atomic E-state index is 12.7. The molecule has 2 amide bonds. The van der Waals surface area contributed by atoms with Crippen molar-refractivity contribution in [1.82, 2.24) is 25.1 Å². The highest BCUT2D eigenvalue weighted by Crippen LogP contribution is 2.16. The van der Waals surface area contributed by atoms with E-state index >= 15 is 0 Å². The molecule has 8 nitrogen and oxygen atoms in total. The number of likely N-dealkylation sites (N-methyl/N-ethyl adjacent to an activating group) is 1. The zero-order valence-electron chi connectivity index (χ0n) is 15.0. The van der Waals surface area contributed by atoms with Gasteiger partial charge in [0.05, 0.1) is 5.56 Å². The molecule has 8 heteroatoms. The zero-order chi connectivity index (χ0) is 17.9. The molecule has 0 unspecified atom stereocenters. The third-order valence-electron chi connectivity index (χ3n) is 4.21. The minimum atomic E-state index is -0.338. The number of amides is 2. The van der Waals surface area contributed by atoms with Crippen molar-refractivity contribution >= 4 is 17.8 Å². The Balaban J connectivity index is 2.14. The summed E-state index contributed by atoms with van der Waals surface area (Å²) in [4.78, 5) is 38.8. The number of nitrogens with one attached hydrogen (secondary N) is 1. The minimum Gasteiger partial charge on any atom is -0.358 e. The summed E-state index contributed by atoms with van der Waals surface area (Å²) in [6, 6.07) is -0.0954. The second kappa shape index (κ2) is 7.57. The van der Waals surface area contributed by atoms with Gasteiger partial charge in [0.2, 0.25) is 11.9 Å². The lowest BCUT2D eigenvalue weighted by Crippen LogP contribution is -2.61. The van der Waals surface area contributed by atoms with Crippen LogP contribution in [0.5, 0.6) is 0 Å². The molecule has 1 aromatic rings. The lowest BCUT2D eigenvalue weighted by atomic mass is 10.1. The Kier molecular flexibility index (Phi) is 5.71. The molecular weight excluding hydrogens is 308 g/mol. The Hall–Kier alpha value is -2.22. The van der Waals surface area contributed by atoms with Crippen LogP contribution in [0.4, 0.5) is 5.95 Å². The lowest BCUT2D eigenvalue weighted by Gasteiger charge is -2.42. The van der Waals surface area contributed by atoms with Crippen molar-refractivity contribution in [2.45, 2.75) is 25.9 Å². The fourth-order valence-electron chi connectivity index (χ4n) is 2.84. The Bertz CT molecular complexity index is 587. The molecule has 0 aliphatic carbocycles. The monoisotopic (exact) mass is 334 g/mol. The van der Waals surface area contributed by atoms with E-state index in [4.69, 9.17) is 0 Å². The van der Waals surface area contributed by atoms with Gasteiger partial charge < -0.3 is 15.1 Å². The van der Waals surface area contributed by atoms with Crippen LogP contribution in [0.1, 0.15) is 24.2 Å². The van der Waals surface area contributed by atoms with Crippen molar-refractivity contribution < 1.29 is 9.59 Å². The third kappa shape index (κ3) is 3.81. The molecule has 24 heavy (non-hydrogen) atoms. The smallest absolute Gasteiger partial charge is 0.257 e. The molecule has 0 aromatic carbocycles. The molecule has 0 bridgehead atoms. The summed E-state index contributed by atoms with van der Waals surface area (Å²) in [6.07, 6.45) is 3.07. The van der Waals surface area contributed by atoms with Crippen LogP contribution in [-0.2, 0) is 4.79 Å². The molecule has 1 aromatic heterocycles. The summed E-state index contributed by atoms with van der Waals surface area (Å²) in [5.74, 6) is 0.345. The average Bonchev–Trinajstić information content (AvgIpc) is 2.59. The van der Waals surface area contributed by atoms with E-state index < -0.39 is 0 Å². The van der Waals surface area contributed by atoms with E-state index in [1.54, 1.807) is 16.8 Å². The lowest BCUT2D eigenvalue weighted by molar-refractivity contribution is -0.128. The standard InChI is InChI=1S/C16H26N6O2/c1-11(2)22-7-6-21(10-13(22)14(23)17-3)15(24)12-8-18-16(19-9-12)20(4)5/h8-9,11,13H,6-7,10H2,1-5H3,(H,17,23)/t13-/m0/s1. The second-order valence-electron chi connectivity index (χ2n) is 6.38. The number of anilines is 1. The van der Waals surface area contributed by atoms with E-state index in [0.29, 0.717) is 31.1 Å². The van der Waals surface area contributed by atoms with Gasteiger partial charge in [-0.2, -0.15) is 0 Å². The van der Waals surface area contributed by atoms with Crippen molar-refractivity contribution in [2.75, 3.05) is 45.7 Å². The number of rotatable bonds is 4. The molecule has 0 spiro atoms. The largest absolute Gasteiger partial charge is 0.358 e. The maximum Gasteiger partial charge on any atom is 0.257 e. The van der Waals surface area contributed by atoms with Crippen molar-refractivity contribution in [3.63, 3.8) is 0 Å². The van der Waals surface area contributed by atoms with Crippen LogP contribution < -0.4 is 10.2 Å². The van der Waals surface area contributed by atoms with Crippen LogP contribution in [-0.4, -0.2) is 84.4 Å². The molecule has 1 N–H and O–H groups in total. The van der Waals surface area contributed by atoms with Crippen molar-refractivity contribution in [3.8, 4) is 0 Å². The van der Waals surface area contributed by atoms with Crippen molar-refractivity contribution in [2.24, 2.45) is 0 Å². The first-order valence-electron chi connectivity index (χ1n) is 8.11. The molecule has 1 atom stereocenters. The molecule has 2 rings (SSSR count). The Morgan fingerprint density at radius 1 is 1.25 bits per heavy atom. The van der Waals surface area contributed by atoms with Gasteiger partial charge in [0, 0.05) is 59.2 Å². The zero-order valence-corrected chi connectivity index (χ0v) is 15.0. The van der Waals surface area contributed by atoms with Gasteiger partial charge >= 0.3 is 0 Å². The predicted molar refractivity (Wildman–Crippen MR) is 92.0 cm³/mol. The van der Waals surface area contributed by atoms with E-state index in [1.165, 1.54) is 12.4 Å². The minimum absolute atomic E-state index is 0.0691. The van der Waals surface area contributed by atoms with Gasteiger partial charge in [-0.25, -0.2) is 9.97 Å². The number of nitrogens with zero attached hydrogens (tertiary/aromatic N) is 5. The summed E-state index contributed by atoms with van der Waals surface area (Å²) >= 11 is 0. The molecule has 1 fully saturated rings. The van der Waals surface area contributed by atoms with Gasteiger partial charge in [-0.1, -0.05) is 0 Å². The van der Waals surface area contributed by atoms with Crippen LogP contribution in [0.3, 0.4) is 0 Å². The Labute approximate surface area is 142 Å². The summed E-state index contributed by atoms with van der Waals surface area (Å²) in [6.45, 7) is 5.73. The van der Waals surface area contributed by atoms with E-state index in [1.807, 2.05) is 14.1 Å². The van der Waals surface area contributed by atoms with Gasteiger partial charge in [0.1, 0.15) is 6.04 Å². The van der Waals surface area contributed by atoms with E-state index in [2.05, 4.69) is 34.0 Å². The third-order valence-corrected chi connectivity index (χ3v) is 4.21. The average molecular weight is 334 g/mol. The van der Waals surface area contributed by atoms with Crippen LogP contribution in [0.25, 0.3) is 0 Å². The van der Waals surface area contributed by atoms with Gasteiger partial charge in [0.25, 0.3) is 5.91 Å². The summed E-state index contributed by atoms with van der Waals surface area (Å²) < 4.78 is 0. The number of aromatic nitrogens is 2. The topological polar surface area (TPSA) is 81.7 Å². The van der Waals surface area contributed by atoms with E-state index in [9.17, 15) is 9.59 Å². The van der Waals surface area contributed by atoms with Crippen LogP contribution in [0.2, 0.25) is 0 Å². The summed E-state index contributed by atoms with van der Waals surface area (Å²) in [7, 11) is 5.31. The quantitative estimate of drug-likeness (QED) is 0.823. The highest BCUT2D eigenvalue weighted by molar-refractivity contribution is 5.94. The number of carbonyl (C=O) groups is 2. The van der Waals surface area contributed by atoms with Crippen molar-refractivity contribution in [1.29, 1.82) is 0 Å². The number of hydrogen-bond acceptors (Lipinski definition) is 6. The molecular formula is C16H26N6O2. The molecule has 0 radical (unpaired) electrons. The highest BCUT2D eigenvalue weighted by Gasteiger charge is 2.35. The predicted octanol–water partition coefficient (Wildman–Crippen LogP) is -0.177. The number of carbonyl (C=O) groups excluding carboxylic acids is 2. The number of piperazine rings is 1. The maximum atomic E-state index is 12.7. The summed E-state index contributed by atoms with van der Waals surface area (Å²) in [5, 5.41) is 2.69. The molecule has 2 heterocycles. The highest BCUT2D eigenvalue weighted by atomic mass is 16.2. The molecule has 1 aliphatic heterocycles. The molecule has 0 saturated carbocycles. The van der Waals surface area contributed by atoms with Crippen LogP contribution in [0.15, 0.2) is 12.4 Å². The fourth-order valence-corrected chi connectivity index (χ4v) is 2.84. The van der Waals surface area contributed by atoms with Gasteiger partial charge in [-0.15, -0.1) is 0 Å². The van der Waals surface area contributed by atoms with Crippen LogP contribution in [0, 0.1) is 0 Å². The number of hydrogen-bond donors (Lipinski definition) is 1. The SMILES string of the molecule is CNC(=O)[C@@H]1CN(C(=O)c2cnc(N(C)C)nc2)CCN1C(C)C. The summed E-state index contributed by atoms with van der Waals surface area (Å²) in [5.41, 5.74) is 0.439. The normalized spacial score (nSPS) is 18.6. The van der Waals surface area contributed by atoms with E-state index in [-0.39, 0.29) is 23.9 Å². The first-order chi connectivity index (χ1) is 11.3. The fraction of sp³-hybridized carbons (Fsp3) is 0.625. The first kappa shape index (κ1) is 18.1. The first-order valence-corrected chi connectivity index (χ1v) is 8.11. The van der Waals surface area contributed by atoms with E-state index in [0.717, 1.165) is 0 Å². The van der Waals surface area contributed by atoms with Gasteiger partial charge in [0.15, 0.2) is 0 Å². The van der Waals surface area contributed by atoms with Crippen molar-refractivity contribution in [3.05, 3.63) is 18.0 Å². The molecule has 132 valence electrons. The Morgan fingerprint density at radius 3 is 2.38 bits per heavy atom. The van der Waals surface area contributed by atoms with Gasteiger partial charge in [-0.05, 0) is 13.8 Å². The van der Waals surface area contributed by atoms with Crippen LogP contribution >= 0.6 is 0 Å². The Morgan fingerprint density at radius 2 is 1.88 bits per heavy atom. The molecule has 1 aliphatic rings. The molecule has 1 saturated heterocycles. The van der Waals surface area contributed by atoms with Gasteiger partial charge in [-0.3, -0.25) is 14.5 Å². The second-order valence-corrected chi connectivity index (χ2v) is 6.38.